The highest BCUT2D eigenvalue weighted by molar-refractivity contribution is 5.06. The van der Waals surface area contributed by atoms with E-state index in [1.165, 1.54) is 116 Å². The molecule has 6 fully saturated rings. The van der Waals surface area contributed by atoms with Crippen molar-refractivity contribution in [2.45, 2.75) is 96.1 Å². The van der Waals surface area contributed by atoms with Crippen LogP contribution in [0.15, 0.2) is 0 Å². The molecule has 0 amide bonds. The zero-order valence-corrected chi connectivity index (χ0v) is 18.4. The maximum Gasteiger partial charge on any atom is 0.00961 e. The van der Waals surface area contributed by atoms with E-state index in [1.807, 2.05) is 0 Å². The van der Waals surface area contributed by atoms with Crippen molar-refractivity contribution >= 4 is 0 Å². The maximum absolute atomic E-state index is 3.52. The number of hydrogen-bond donors (Lipinski definition) is 1. The van der Waals surface area contributed by atoms with Gasteiger partial charge in [0.1, 0.15) is 0 Å². The summed E-state index contributed by atoms with van der Waals surface area (Å²) in [5.74, 6) is 0.996. The van der Waals surface area contributed by atoms with Gasteiger partial charge in [-0.2, -0.15) is 0 Å². The summed E-state index contributed by atoms with van der Waals surface area (Å²) >= 11 is 0. The van der Waals surface area contributed by atoms with Gasteiger partial charge in [0.25, 0.3) is 0 Å². The van der Waals surface area contributed by atoms with Crippen LogP contribution >= 0.6 is 0 Å². The highest BCUT2D eigenvalue weighted by atomic mass is 15.3. The first-order valence-electron chi connectivity index (χ1n) is 12.8. The monoisotopic (exact) mass is 385 g/mol. The summed E-state index contributed by atoms with van der Waals surface area (Å²) in [6.07, 6.45) is 18.0. The van der Waals surface area contributed by atoms with Gasteiger partial charge in [-0.1, -0.05) is 19.8 Å². The molecule has 3 heteroatoms. The van der Waals surface area contributed by atoms with Crippen molar-refractivity contribution in [1.29, 1.82) is 0 Å². The Hall–Kier alpha value is -0.120. The molecule has 3 saturated heterocycles. The highest BCUT2D eigenvalue weighted by Crippen LogP contribution is 2.52. The van der Waals surface area contributed by atoms with E-state index in [1.54, 1.807) is 0 Å². The van der Waals surface area contributed by atoms with E-state index in [0.717, 1.165) is 34.2 Å². The molecular weight excluding hydrogens is 342 g/mol. The zero-order valence-electron chi connectivity index (χ0n) is 18.4. The molecule has 3 saturated carbocycles. The molecule has 0 bridgehead atoms. The van der Waals surface area contributed by atoms with Crippen LogP contribution in [0.5, 0.6) is 0 Å². The molecule has 6 aliphatic rings. The van der Waals surface area contributed by atoms with Gasteiger partial charge < -0.3 is 5.32 Å². The molecule has 3 heterocycles. The van der Waals surface area contributed by atoms with Crippen LogP contribution in [-0.4, -0.2) is 61.2 Å². The number of rotatable bonds is 2. The molecule has 6 rings (SSSR count). The number of nitrogens with one attached hydrogen (secondary N) is 1. The molecule has 1 N–H and O–H groups in total. The minimum absolute atomic E-state index is 0.724. The predicted octanol–water partition coefficient (Wildman–Crippen LogP) is 4.28. The second-order valence-corrected chi connectivity index (χ2v) is 12.6. The SMILES string of the molecule is CC1CCC2(CC1)CN(C1CCC3(CC1)CN(C1CCC4(CC1)CNC4)C3)C2. The second-order valence-electron chi connectivity index (χ2n) is 12.6. The van der Waals surface area contributed by atoms with Crippen molar-refractivity contribution in [3.63, 3.8) is 0 Å². The Balaban J connectivity index is 0.942. The minimum Gasteiger partial charge on any atom is -0.316 e. The molecule has 0 aromatic rings. The van der Waals surface area contributed by atoms with Crippen molar-refractivity contribution in [3.8, 4) is 0 Å². The maximum atomic E-state index is 3.52. The molecular formula is C25H43N3. The van der Waals surface area contributed by atoms with Gasteiger partial charge >= 0.3 is 0 Å². The van der Waals surface area contributed by atoms with Crippen LogP contribution in [0.4, 0.5) is 0 Å². The summed E-state index contributed by atoms with van der Waals surface area (Å²) in [6, 6.07) is 1.86. The fraction of sp³-hybridized carbons (Fsp3) is 1.00. The Labute approximate surface area is 173 Å². The van der Waals surface area contributed by atoms with Crippen LogP contribution in [0.1, 0.15) is 84.0 Å². The van der Waals surface area contributed by atoms with Crippen molar-refractivity contribution in [1.82, 2.24) is 15.1 Å². The van der Waals surface area contributed by atoms with E-state index in [4.69, 9.17) is 0 Å². The van der Waals surface area contributed by atoms with Gasteiger partial charge in [-0.05, 0) is 86.4 Å². The van der Waals surface area contributed by atoms with E-state index >= 15 is 0 Å². The van der Waals surface area contributed by atoms with Crippen LogP contribution in [0, 0.1) is 22.2 Å². The first-order chi connectivity index (χ1) is 13.6. The molecule has 158 valence electrons. The quantitative estimate of drug-likeness (QED) is 0.765. The standard InChI is InChI=1S/C25H43N3/c1-20-2-8-24(9-3-20)16-27(17-24)22-6-12-25(13-7-22)18-28(19-25)21-4-10-23(11-5-21)14-26-15-23/h20-22,26H,2-19H2,1H3. The molecule has 0 radical (unpaired) electrons. The van der Waals surface area contributed by atoms with E-state index in [-0.39, 0.29) is 0 Å². The molecule has 0 unspecified atom stereocenters. The average Bonchev–Trinajstić information content (AvgIpc) is 2.64. The molecule has 0 atom stereocenters. The van der Waals surface area contributed by atoms with Crippen LogP contribution in [0.25, 0.3) is 0 Å². The van der Waals surface area contributed by atoms with Crippen molar-refractivity contribution in [2.75, 3.05) is 39.3 Å². The van der Waals surface area contributed by atoms with Crippen LogP contribution in [0.2, 0.25) is 0 Å². The average molecular weight is 386 g/mol. The Morgan fingerprint density at radius 3 is 1.36 bits per heavy atom. The van der Waals surface area contributed by atoms with Crippen molar-refractivity contribution < 1.29 is 0 Å². The van der Waals surface area contributed by atoms with Gasteiger partial charge in [0, 0.05) is 51.4 Å². The number of nitrogens with zero attached hydrogens (tertiary/aromatic N) is 2. The molecule has 3 nitrogen and oxygen atoms in total. The molecule has 3 aliphatic heterocycles. The molecule has 0 aromatic heterocycles. The minimum atomic E-state index is 0.724. The van der Waals surface area contributed by atoms with Gasteiger partial charge in [-0.3, -0.25) is 9.80 Å². The van der Waals surface area contributed by atoms with E-state index < -0.39 is 0 Å². The van der Waals surface area contributed by atoms with Crippen molar-refractivity contribution in [2.24, 2.45) is 22.2 Å². The smallest absolute Gasteiger partial charge is 0.00961 e. The third-order valence-electron chi connectivity index (χ3n) is 10.6. The van der Waals surface area contributed by atoms with E-state index in [2.05, 4.69) is 22.0 Å². The van der Waals surface area contributed by atoms with E-state index in [9.17, 15) is 0 Å². The molecule has 3 aliphatic carbocycles. The van der Waals surface area contributed by atoms with E-state index in [0.29, 0.717) is 0 Å². The van der Waals surface area contributed by atoms with Crippen LogP contribution in [-0.2, 0) is 0 Å². The highest BCUT2D eigenvalue weighted by Gasteiger charge is 2.52. The van der Waals surface area contributed by atoms with Gasteiger partial charge in [-0.25, -0.2) is 0 Å². The topological polar surface area (TPSA) is 18.5 Å². The molecule has 0 aromatic carbocycles. The Morgan fingerprint density at radius 2 is 0.964 bits per heavy atom. The summed E-state index contributed by atoms with van der Waals surface area (Å²) < 4.78 is 0. The normalized spacial score (nSPS) is 40.2. The number of likely N-dealkylation sites (tertiary alicyclic amines) is 2. The van der Waals surface area contributed by atoms with Crippen LogP contribution in [0.3, 0.4) is 0 Å². The second kappa shape index (κ2) is 6.69. The Kier molecular flexibility index (Phi) is 4.45. The Bertz CT molecular complexity index is 555. The summed E-state index contributed by atoms with van der Waals surface area (Å²) in [5, 5.41) is 3.52. The summed E-state index contributed by atoms with van der Waals surface area (Å²) in [6.45, 7) is 10.9. The van der Waals surface area contributed by atoms with Crippen molar-refractivity contribution in [3.05, 3.63) is 0 Å². The largest absolute Gasteiger partial charge is 0.316 e. The first-order valence-corrected chi connectivity index (χ1v) is 12.8. The third kappa shape index (κ3) is 3.10. The van der Waals surface area contributed by atoms with Gasteiger partial charge in [0.2, 0.25) is 0 Å². The zero-order chi connectivity index (χ0) is 18.8. The lowest BCUT2D eigenvalue weighted by atomic mass is 9.62. The third-order valence-corrected chi connectivity index (χ3v) is 10.6. The lowest BCUT2D eigenvalue weighted by molar-refractivity contribution is -0.110. The Morgan fingerprint density at radius 1 is 0.571 bits per heavy atom. The van der Waals surface area contributed by atoms with Gasteiger partial charge in [0.15, 0.2) is 0 Å². The summed E-state index contributed by atoms with van der Waals surface area (Å²) in [7, 11) is 0. The fourth-order valence-electron chi connectivity index (χ4n) is 8.15. The predicted molar refractivity (Wildman–Crippen MR) is 115 cm³/mol. The molecule has 28 heavy (non-hydrogen) atoms. The fourth-order valence-corrected chi connectivity index (χ4v) is 8.15. The van der Waals surface area contributed by atoms with Gasteiger partial charge in [-0.15, -0.1) is 0 Å². The first kappa shape index (κ1) is 18.6. The van der Waals surface area contributed by atoms with Crippen LogP contribution < -0.4 is 5.32 Å². The lowest BCUT2D eigenvalue weighted by Crippen LogP contribution is -2.65. The summed E-state index contributed by atoms with van der Waals surface area (Å²) in [4.78, 5) is 5.79. The molecule has 3 spiro atoms. The summed E-state index contributed by atoms with van der Waals surface area (Å²) in [5.41, 5.74) is 2.21. The lowest BCUT2D eigenvalue weighted by Gasteiger charge is -2.61. The number of hydrogen-bond acceptors (Lipinski definition) is 3. The van der Waals surface area contributed by atoms with Gasteiger partial charge in [0.05, 0.1) is 0 Å².